The van der Waals surface area contributed by atoms with Crippen molar-refractivity contribution in [2.24, 2.45) is 0 Å². The number of benzene rings is 2. The number of halogens is 2. The number of hydrogen-bond acceptors (Lipinski definition) is 4. The summed E-state index contributed by atoms with van der Waals surface area (Å²) in [5.74, 6) is 0.205. The average Bonchev–Trinajstić information content (AvgIpc) is 3.01. The van der Waals surface area contributed by atoms with Gasteiger partial charge in [0.25, 0.3) is 0 Å². The molecule has 3 rings (SSSR count). The number of nitrogens with two attached hydrogens (primary N) is 1. The zero-order chi connectivity index (χ0) is 17.1. The lowest BCUT2D eigenvalue weighted by Gasteiger charge is -2.07. The third kappa shape index (κ3) is 3.69. The first-order chi connectivity index (χ1) is 11.5. The number of carbonyl (C=O) groups excluding carboxylic acids is 1. The molecule has 0 bridgehead atoms. The van der Waals surface area contributed by atoms with Crippen LogP contribution in [0.5, 0.6) is 0 Å². The Morgan fingerprint density at radius 3 is 2.50 bits per heavy atom. The van der Waals surface area contributed by atoms with Crippen molar-refractivity contribution in [3.05, 3.63) is 64.5 Å². The minimum absolute atomic E-state index is 0.0654. The smallest absolute Gasteiger partial charge is 0.230 e. The maximum Gasteiger partial charge on any atom is 0.230 e. The molecule has 0 aliphatic carbocycles. The van der Waals surface area contributed by atoms with E-state index in [1.165, 1.54) is 6.26 Å². The Balaban J connectivity index is 1.69. The van der Waals surface area contributed by atoms with Crippen molar-refractivity contribution in [3.63, 3.8) is 0 Å². The Hall–Kier alpha value is -2.50. The van der Waals surface area contributed by atoms with Gasteiger partial charge in [-0.15, -0.1) is 0 Å². The van der Waals surface area contributed by atoms with Gasteiger partial charge >= 0.3 is 0 Å². The van der Waals surface area contributed by atoms with E-state index in [0.717, 1.165) is 5.56 Å². The fourth-order valence-corrected chi connectivity index (χ4v) is 2.61. The second-order valence-electron chi connectivity index (χ2n) is 5.09. The van der Waals surface area contributed by atoms with Crippen molar-refractivity contribution in [1.29, 1.82) is 0 Å². The number of aromatic nitrogens is 1. The van der Waals surface area contributed by atoms with Gasteiger partial charge in [0.2, 0.25) is 11.8 Å². The minimum Gasteiger partial charge on any atom is -0.444 e. The summed E-state index contributed by atoms with van der Waals surface area (Å²) < 4.78 is 5.41. The van der Waals surface area contributed by atoms with E-state index in [0.29, 0.717) is 17.3 Å². The van der Waals surface area contributed by atoms with Gasteiger partial charge in [-0.05, 0) is 24.3 Å². The number of rotatable bonds is 4. The number of nitrogen functional groups attached to an aromatic ring is 1. The van der Waals surface area contributed by atoms with Crippen LogP contribution in [-0.2, 0) is 11.2 Å². The summed E-state index contributed by atoms with van der Waals surface area (Å²) in [6, 6.07) is 12.5. The SMILES string of the molecule is Nc1c(Cl)cc(NC(=O)Cc2coc(-c3ccccc3)n2)cc1Cl. The van der Waals surface area contributed by atoms with Gasteiger partial charge in [0.05, 0.1) is 27.8 Å². The fourth-order valence-electron chi connectivity index (χ4n) is 2.13. The van der Waals surface area contributed by atoms with Crippen LogP contribution in [0.25, 0.3) is 11.5 Å². The maximum atomic E-state index is 12.1. The molecule has 0 unspecified atom stereocenters. The molecule has 0 atom stereocenters. The first kappa shape index (κ1) is 16.4. The van der Waals surface area contributed by atoms with Crippen molar-refractivity contribution in [2.45, 2.75) is 6.42 Å². The number of amides is 1. The molecule has 2 aromatic carbocycles. The van der Waals surface area contributed by atoms with E-state index in [1.807, 2.05) is 30.3 Å². The van der Waals surface area contributed by atoms with Gasteiger partial charge in [-0.1, -0.05) is 41.4 Å². The van der Waals surface area contributed by atoms with Crippen LogP contribution in [0.2, 0.25) is 10.0 Å². The summed E-state index contributed by atoms with van der Waals surface area (Å²) in [6.45, 7) is 0. The molecular weight excluding hydrogens is 349 g/mol. The highest BCUT2D eigenvalue weighted by atomic mass is 35.5. The molecule has 0 fully saturated rings. The van der Waals surface area contributed by atoms with Gasteiger partial charge < -0.3 is 15.5 Å². The van der Waals surface area contributed by atoms with E-state index in [9.17, 15) is 4.79 Å². The normalized spacial score (nSPS) is 10.6. The Labute approximate surface area is 148 Å². The fraction of sp³-hybridized carbons (Fsp3) is 0.0588. The van der Waals surface area contributed by atoms with E-state index >= 15 is 0 Å². The second kappa shape index (κ2) is 6.95. The Morgan fingerprint density at radius 2 is 1.83 bits per heavy atom. The molecule has 0 spiro atoms. The topological polar surface area (TPSA) is 81.1 Å². The molecule has 1 heterocycles. The van der Waals surface area contributed by atoms with Crippen molar-refractivity contribution in [2.75, 3.05) is 11.1 Å². The highest BCUT2D eigenvalue weighted by molar-refractivity contribution is 6.39. The summed E-state index contributed by atoms with van der Waals surface area (Å²) in [4.78, 5) is 16.4. The number of nitrogens with one attached hydrogen (secondary N) is 1. The number of carbonyl (C=O) groups is 1. The van der Waals surface area contributed by atoms with Gasteiger partial charge in [-0.3, -0.25) is 4.79 Å². The van der Waals surface area contributed by atoms with Crippen LogP contribution in [-0.4, -0.2) is 10.9 Å². The van der Waals surface area contributed by atoms with Gasteiger partial charge in [-0.25, -0.2) is 4.98 Å². The van der Waals surface area contributed by atoms with Crippen LogP contribution in [0.3, 0.4) is 0 Å². The second-order valence-corrected chi connectivity index (χ2v) is 5.90. The lowest BCUT2D eigenvalue weighted by atomic mass is 10.2. The van der Waals surface area contributed by atoms with Crippen molar-refractivity contribution in [1.82, 2.24) is 4.98 Å². The molecule has 24 heavy (non-hydrogen) atoms. The number of anilines is 2. The monoisotopic (exact) mass is 361 g/mol. The molecule has 7 heteroatoms. The molecule has 0 aliphatic heterocycles. The molecular formula is C17H13Cl2N3O2. The third-order valence-electron chi connectivity index (χ3n) is 3.28. The van der Waals surface area contributed by atoms with E-state index in [2.05, 4.69) is 10.3 Å². The Morgan fingerprint density at radius 1 is 1.17 bits per heavy atom. The molecule has 1 aromatic heterocycles. The van der Waals surface area contributed by atoms with Crippen LogP contribution in [0.15, 0.2) is 53.1 Å². The van der Waals surface area contributed by atoms with Crippen LogP contribution < -0.4 is 11.1 Å². The minimum atomic E-state index is -0.264. The quantitative estimate of drug-likeness (QED) is 0.674. The van der Waals surface area contributed by atoms with Gasteiger partial charge in [0, 0.05) is 11.3 Å². The van der Waals surface area contributed by atoms with E-state index in [-0.39, 0.29) is 28.1 Å². The van der Waals surface area contributed by atoms with Crippen molar-refractivity contribution >= 4 is 40.5 Å². The average molecular weight is 362 g/mol. The number of oxazole rings is 1. The molecule has 1 amide bonds. The zero-order valence-electron chi connectivity index (χ0n) is 12.4. The summed E-state index contributed by atoms with van der Waals surface area (Å²) in [5, 5.41) is 3.27. The third-order valence-corrected chi connectivity index (χ3v) is 3.90. The summed E-state index contributed by atoms with van der Waals surface area (Å²) in [7, 11) is 0. The maximum absolute atomic E-state index is 12.1. The van der Waals surface area contributed by atoms with Crippen LogP contribution in [0.1, 0.15) is 5.69 Å². The molecule has 0 radical (unpaired) electrons. The summed E-state index contributed by atoms with van der Waals surface area (Å²) >= 11 is 11.9. The Bertz CT molecular complexity index is 856. The molecule has 3 aromatic rings. The molecule has 0 saturated heterocycles. The van der Waals surface area contributed by atoms with Gasteiger partial charge in [-0.2, -0.15) is 0 Å². The van der Waals surface area contributed by atoms with Crippen molar-refractivity contribution in [3.8, 4) is 11.5 Å². The van der Waals surface area contributed by atoms with Gasteiger partial charge in [0.15, 0.2) is 0 Å². The largest absolute Gasteiger partial charge is 0.444 e. The van der Waals surface area contributed by atoms with Gasteiger partial charge in [0.1, 0.15) is 6.26 Å². The molecule has 5 nitrogen and oxygen atoms in total. The number of nitrogens with zero attached hydrogens (tertiary/aromatic N) is 1. The highest BCUT2D eigenvalue weighted by Gasteiger charge is 2.12. The number of hydrogen-bond donors (Lipinski definition) is 2. The molecule has 0 saturated carbocycles. The first-order valence-electron chi connectivity index (χ1n) is 7.07. The van der Waals surface area contributed by atoms with Crippen LogP contribution >= 0.6 is 23.2 Å². The Kier molecular flexibility index (Phi) is 4.74. The molecule has 3 N–H and O–H groups in total. The summed E-state index contributed by atoms with van der Waals surface area (Å²) in [5.41, 5.74) is 7.79. The van der Waals surface area contributed by atoms with Crippen molar-refractivity contribution < 1.29 is 9.21 Å². The van der Waals surface area contributed by atoms with Crippen LogP contribution in [0.4, 0.5) is 11.4 Å². The highest BCUT2D eigenvalue weighted by Crippen LogP contribution is 2.31. The lowest BCUT2D eigenvalue weighted by Crippen LogP contribution is -2.14. The van der Waals surface area contributed by atoms with Crippen LogP contribution in [0, 0.1) is 0 Å². The van der Waals surface area contributed by atoms with E-state index < -0.39 is 0 Å². The van der Waals surface area contributed by atoms with E-state index in [4.69, 9.17) is 33.4 Å². The molecule has 122 valence electrons. The predicted octanol–water partition coefficient (Wildman–Crippen LogP) is 4.41. The zero-order valence-corrected chi connectivity index (χ0v) is 13.9. The standard InChI is InChI=1S/C17H13Cl2N3O2/c18-13-6-11(7-14(19)16(13)20)21-15(23)8-12-9-24-17(22-12)10-4-2-1-3-5-10/h1-7,9H,8,20H2,(H,21,23). The predicted molar refractivity (Wildman–Crippen MR) is 95.1 cm³/mol. The lowest BCUT2D eigenvalue weighted by molar-refractivity contribution is -0.115. The summed E-state index contributed by atoms with van der Waals surface area (Å²) in [6.07, 6.45) is 1.53. The molecule has 0 aliphatic rings. The van der Waals surface area contributed by atoms with E-state index in [1.54, 1.807) is 12.1 Å². The first-order valence-corrected chi connectivity index (χ1v) is 7.82.